The summed E-state index contributed by atoms with van der Waals surface area (Å²) >= 11 is 0. The van der Waals surface area contributed by atoms with Gasteiger partial charge in [0.05, 0.1) is 25.3 Å². The molecule has 2 unspecified atom stereocenters. The largest absolute Gasteiger partial charge is 0.378 e. The normalized spacial score (nSPS) is 21.7. The Labute approximate surface area is 116 Å². The summed E-state index contributed by atoms with van der Waals surface area (Å²) in [6.07, 6.45) is 0. The zero-order chi connectivity index (χ0) is 14.0. The molecule has 0 radical (unpaired) electrons. The molecule has 1 saturated heterocycles. The van der Waals surface area contributed by atoms with Crippen LogP contribution in [-0.4, -0.2) is 44.8 Å². The molecule has 19 heavy (non-hydrogen) atoms. The average molecular weight is 262 g/mol. The molecule has 106 valence electrons. The smallest absolute Gasteiger partial charge is 0.0639 e. The lowest BCUT2D eigenvalue weighted by Crippen LogP contribution is -2.49. The first kappa shape index (κ1) is 14.5. The lowest BCUT2D eigenvalue weighted by atomic mass is 9.91. The van der Waals surface area contributed by atoms with Gasteiger partial charge in [0.1, 0.15) is 0 Å². The molecule has 1 aliphatic rings. The van der Waals surface area contributed by atoms with Crippen molar-refractivity contribution in [2.75, 3.05) is 33.9 Å². The first-order valence-electron chi connectivity index (χ1n) is 7.06. The minimum Gasteiger partial charge on any atom is -0.378 e. The van der Waals surface area contributed by atoms with Gasteiger partial charge in [-0.25, -0.2) is 0 Å². The van der Waals surface area contributed by atoms with Crippen LogP contribution in [0.25, 0.3) is 0 Å². The van der Waals surface area contributed by atoms with E-state index in [0.717, 1.165) is 19.8 Å². The minimum absolute atomic E-state index is 0.361. The number of hydrogen-bond acceptors (Lipinski definition) is 3. The van der Waals surface area contributed by atoms with Gasteiger partial charge in [0, 0.05) is 6.54 Å². The van der Waals surface area contributed by atoms with Crippen molar-refractivity contribution in [3.05, 3.63) is 34.4 Å². The summed E-state index contributed by atoms with van der Waals surface area (Å²) < 4.78 is 5.64. The van der Waals surface area contributed by atoms with E-state index in [1.54, 1.807) is 0 Å². The quantitative estimate of drug-likeness (QED) is 0.904. The van der Waals surface area contributed by atoms with E-state index in [4.69, 9.17) is 4.74 Å². The molecule has 1 aromatic carbocycles. The van der Waals surface area contributed by atoms with Crippen LogP contribution in [0.5, 0.6) is 0 Å². The van der Waals surface area contributed by atoms with Crippen molar-refractivity contribution in [2.45, 2.75) is 32.9 Å². The van der Waals surface area contributed by atoms with Crippen molar-refractivity contribution in [2.24, 2.45) is 0 Å². The Balaban J connectivity index is 2.35. The number of benzene rings is 1. The maximum atomic E-state index is 5.64. The van der Waals surface area contributed by atoms with Crippen LogP contribution < -0.4 is 5.32 Å². The van der Waals surface area contributed by atoms with E-state index >= 15 is 0 Å². The maximum absolute atomic E-state index is 5.64. The number of hydrogen-bond donors (Lipinski definition) is 1. The highest BCUT2D eigenvalue weighted by Gasteiger charge is 2.28. The molecule has 0 bridgehead atoms. The Kier molecular flexibility index (Phi) is 4.61. The van der Waals surface area contributed by atoms with E-state index in [1.165, 1.54) is 22.3 Å². The van der Waals surface area contributed by atoms with Gasteiger partial charge in [0.15, 0.2) is 0 Å². The summed E-state index contributed by atoms with van der Waals surface area (Å²) in [4.78, 5) is 2.30. The van der Waals surface area contributed by atoms with Gasteiger partial charge in [0.25, 0.3) is 0 Å². The summed E-state index contributed by atoms with van der Waals surface area (Å²) in [5.41, 5.74) is 5.51. The van der Waals surface area contributed by atoms with Crippen LogP contribution in [0.15, 0.2) is 12.1 Å². The van der Waals surface area contributed by atoms with Gasteiger partial charge < -0.3 is 15.0 Å². The predicted molar refractivity (Wildman–Crippen MR) is 79.7 cm³/mol. The molecule has 0 aliphatic carbocycles. The molecule has 0 saturated carbocycles. The predicted octanol–water partition coefficient (Wildman–Crippen LogP) is 2.20. The highest BCUT2D eigenvalue weighted by atomic mass is 16.5. The summed E-state index contributed by atoms with van der Waals surface area (Å²) in [7, 11) is 4.30. The number of nitrogens with one attached hydrogen (secondary N) is 1. The van der Waals surface area contributed by atoms with E-state index in [2.05, 4.69) is 57.2 Å². The van der Waals surface area contributed by atoms with Gasteiger partial charge in [-0.3, -0.25) is 0 Å². The van der Waals surface area contributed by atoms with Crippen molar-refractivity contribution < 1.29 is 4.74 Å². The third-order valence-electron chi connectivity index (χ3n) is 4.09. The third-order valence-corrected chi connectivity index (χ3v) is 4.09. The van der Waals surface area contributed by atoms with Crippen LogP contribution in [0.2, 0.25) is 0 Å². The van der Waals surface area contributed by atoms with Crippen LogP contribution in [0.4, 0.5) is 0 Å². The fourth-order valence-corrected chi connectivity index (χ4v) is 2.94. The van der Waals surface area contributed by atoms with Crippen molar-refractivity contribution in [3.8, 4) is 0 Å². The van der Waals surface area contributed by atoms with Gasteiger partial charge in [-0.15, -0.1) is 0 Å². The molecule has 3 heteroatoms. The van der Waals surface area contributed by atoms with Crippen LogP contribution in [0, 0.1) is 20.8 Å². The van der Waals surface area contributed by atoms with Crippen molar-refractivity contribution in [1.29, 1.82) is 0 Å². The van der Waals surface area contributed by atoms with E-state index in [1.807, 2.05) is 0 Å². The molecule has 1 N–H and O–H groups in total. The third kappa shape index (κ3) is 3.16. The molecule has 0 amide bonds. The number of nitrogens with zero attached hydrogens (tertiary/aromatic N) is 1. The second kappa shape index (κ2) is 6.04. The first-order chi connectivity index (χ1) is 9.00. The highest BCUT2D eigenvalue weighted by molar-refractivity contribution is 5.39. The SMILES string of the molecule is Cc1cc(C)c(C(C2COCCN2)N(C)C)cc1C. The monoisotopic (exact) mass is 262 g/mol. The van der Waals surface area contributed by atoms with Crippen molar-refractivity contribution in [1.82, 2.24) is 10.2 Å². The molecule has 2 rings (SSSR count). The first-order valence-corrected chi connectivity index (χ1v) is 7.06. The zero-order valence-corrected chi connectivity index (χ0v) is 12.8. The Bertz CT molecular complexity index is 437. The fourth-order valence-electron chi connectivity index (χ4n) is 2.94. The molecule has 0 spiro atoms. The molecule has 1 fully saturated rings. The lowest BCUT2D eigenvalue weighted by Gasteiger charge is -2.36. The van der Waals surface area contributed by atoms with E-state index < -0.39 is 0 Å². The second-order valence-corrected chi connectivity index (χ2v) is 5.84. The van der Waals surface area contributed by atoms with E-state index in [0.29, 0.717) is 12.1 Å². The van der Waals surface area contributed by atoms with Crippen LogP contribution in [0.3, 0.4) is 0 Å². The summed E-state index contributed by atoms with van der Waals surface area (Å²) in [5.74, 6) is 0. The number of rotatable bonds is 3. The Morgan fingerprint density at radius 1 is 1.16 bits per heavy atom. The van der Waals surface area contributed by atoms with Crippen molar-refractivity contribution in [3.63, 3.8) is 0 Å². The molecule has 0 aromatic heterocycles. The van der Waals surface area contributed by atoms with Crippen LogP contribution in [-0.2, 0) is 4.74 Å². The molecule has 3 nitrogen and oxygen atoms in total. The maximum Gasteiger partial charge on any atom is 0.0639 e. The summed E-state index contributed by atoms with van der Waals surface area (Å²) in [6, 6.07) is 5.36. The molecular weight excluding hydrogens is 236 g/mol. The van der Waals surface area contributed by atoms with Crippen LogP contribution in [0.1, 0.15) is 28.3 Å². The Morgan fingerprint density at radius 3 is 2.42 bits per heavy atom. The highest BCUT2D eigenvalue weighted by Crippen LogP contribution is 2.28. The second-order valence-electron chi connectivity index (χ2n) is 5.84. The molecule has 1 aromatic rings. The van der Waals surface area contributed by atoms with E-state index in [-0.39, 0.29) is 0 Å². The lowest BCUT2D eigenvalue weighted by molar-refractivity contribution is 0.0458. The standard InChI is InChI=1S/C16H26N2O/c1-11-8-13(3)14(9-12(11)2)16(18(4)5)15-10-19-7-6-17-15/h8-9,15-17H,6-7,10H2,1-5H3. The number of ether oxygens (including phenoxy) is 1. The summed E-state index contributed by atoms with van der Waals surface area (Å²) in [6.45, 7) is 9.13. The Hall–Kier alpha value is -0.900. The molecule has 1 heterocycles. The number of morpholine rings is 1. The fraction of sp³-hybridized carbons (Fsp3) is 0.625. The van der Waals surface area contributed by atoms with Gasteiger partial charge in [-0.05, 0) is 57.1 Å². The van der Waals surface area contributed by atoms with Crippen LogP contribution >= 0.6 is 0 Å². The van der Waals surface area contributed by atoms with Gasteiger partial charge in [0.2, 0.25) is 0 Å². The topological polar surface area (TPSA) is 24.5 Å². The molecule has 1 aliphatic heterocycles. The number of aryl methyl sites for hydroxylation is 3. The van der Waals surface area contributed by atoms with Gasteiger partial charge >= 0.3 is 0 Å². The summed E-state index contributed by atoms with van der Waals surface area (Å²) in [5, 5.41) is 3.59. The Morgan fingerprint density at radius 2 is 1.84 bits per heavy atom. The number of likely N-dealkylation sites (N-methyl/N-ethyl adjacent to an activating group) is 1. The van der Waals surface area contributed by atoms with Crippen molar-refractivity contribution >= 4 is 0 Å². The van der Waals surface area contributed by atoms with E-state index in [9.17, 15) is 0 Å². The molecule has 2 atom stereocenters. The molecular formula is C16H26N2O. The minimum atomic E-state index is 0.361. The zero-order valence-electron chi connectivity index (χ0n) is 12.8. The average Bonchev–Trinajstić information content (AvgIpc) is 2.37. The van der Waals surface area contributed by atoms with Gasteiger partial charge in [-0.2, -0.15) is 0 Å². The van der Waals surface area contributed by atoms with Gasteiger partial charge in [-0.1, -0.05) is 12.1 Å².